The molecule has 5 nitrogen and oxygen atoms in total. The van der Waals surface area contributed by atoms with Gasteiger partial charge in [0.1, 0.15) is 4.88 Å². The molecule has 2 rings (SSSR count). The average molecular weight is 373 g/mol. The Hall–Kier alpha value is -1.63. The Morgan fingerprint density at radius 2 is 1.83 bits per heavy atom. The third-order valence-corrected chi connectivity index (χ3v) is 4.36. The highest BCUT2D eigenvalue weighted by molar-refractivity contribution is 7.13. The van der Waals surface area contributed by atoms with E-state index in [1.54, 1.807) is 32.0 Å². The van der Waals surface area contributed by atoms with Crippen molar-refractivity contribution in [2.24, 2.45) is 0 Å². The number of anilines is 1. The number of halogens is 2. The lowest BCUT2D eigenvalue weighted by atomic mass is 10.3. The van der Waals surface area contributed by atoms with Crippen molar-refractivity contribution in [1.82, 2.24) is 4.98 Å². The van der Waals surface area contributed by atoms with Crippen molar-refractivity contribution < 1.29 is 14.3 Å². The standard InChI is InChI=1S/C15H14Cl2N2O3S/c1-7-13(23-9(3)18-7)15(21)22-8(2)14(20)19-12-5-10(16)4-11(17)6-12/h4-6,8H,1-3H3,(H,19,20)/t8-/m1/s1. The average Bonchev–Trinajstić information content (AvgIpc) is 2.76. The number of benzene rings is 1. The van der Waals surface area contributed by atoms with Gasteiger partial charge < -0.3 is 10.1 Å². The lowest BCUT2D eigenvalue weighted by Crippen LogP contribution is -2.30. The summed E-state index contributed by atoms with van der Waals surface area (Å²) in [5.41, 5.74) is 1.02. The first-order valence-corrected chi connectivity index (χ1v) is 8.25. The van der Waals surface area contributed by atoms with Gasteiger partial charge >= 0.3 is 5.97 Å². The number of aryl methyl sites for hydroxylation is 2. The van der Waals surface area contributed by atoms with Crippen LogP contribution in [0.4, 0.5) is 5.69 Å². The van der Waals surface area contributed by atoms with Gasteiger partial charge in [0, 0.05) is 15.7 Å². The zero-order chi connectivity index (χ0) is 17.1. The molecule has 0 saturated carbocycles. The predicted molar refractivity (Wildman–Crippen MR) is 91.6 cm³/mol. The van der Waals surface area contributed by atoms with Crippen LogP contribution in [0.25, 0.3) is 0 Å². The highest BCUT2D eigenvalue weighted by Gasteiger charge is 2.22. The molecule has 0 unspecified atom stereocenters. The number of nitrogens with one attached hydrogen (secondary N) is 1. The number of thiazole rings is 1. The smallest absolute Gasteiger partial charge is 0.351 e. The summed E-state index contributed by atoms with van der Waals surface area (Å²) < 4.78 is 5.18. The van der Waals surface area contributed by atoms with Crippen molar-refractivity contribution in [3.05, 3.63) is 43.8 Å². The topological polar surface area (TPSA) is 68.3 Å². The summed E-state index contributed by atoms with van der Waals surface area (Å²) in [5.74, 6) is -1.05. The molecule has 122 valence electrons. The molecule has 8 heteroatoms. The van der Waals surface area contributed by atoms with Crippen molar-refractivity contribution in [1.29, 1.82) is 0 Å². The number of ether oxygens (including phenoxy) is 1. The maximum Gasteiger partial charge on any atom is 0.351 e. The van der Waals surface area contributed by atoms with E-state index in [-0.39, 0.29) is 0 Å². The summed E-state index contributed by atoms with van der Waals surface area (Å²) in [5, 5.41) is 4.16. The summed E-state index contributed by atoms with van der Waals surface area (Å²) in [6.07, 6.45) is -0.970. The molecule has 0 aliphatic rings. The first kappa shape index (κ1) is 17.7. The maximum absolute atomic E-state index is 12.1. The van der Waals surface area contributed by atoms with Crippen LogP contribution in [0.3, 0.4) is 0 Å². The van der Waals surface area contributed by atoms with Crippen molar-refractivity contribution in [3.8, 4) is 0 Å². The lowest BCUT2D eigenvalue weighted by Gasteiger charge is -2.13. The first-order valence-electron chi connectivity index (χ1n) is 6.68. The Balaban J connectivity index is 2.02. The van der Waals surface area contributed by atoms with E-state index in [0.29, 0.717) is 26.3 Å². The van der Waals surface area contributed by atoms with E-state index in [1.165, 1.54) is 18.3 Å². The minimum absolute atomic E-state index is 0.396. The van der Waals surface area contributed by atoms with E-state index in [1.807, 2.05) is 0 Å². The number of rotatable bonds is 4. The van der Waals surface area contributed by atoms with Gasteiger partial charge in [-0.2, -0.15) is 0 Å². The van der Waals surface area contributed by atoms with Crippen LogP contribution in [0.1, 0.15) is 27.3 Å². The minimum Gasteiger partial charge on any atom is -0.448 e. The number of aromatic nitrogens is 1. The van der Waals surface area contributed by atoms with E-state index in [2.05, 4.69) is 10.3 Å². The van der Waals surface area contributed by atoms with E-state index in [9.17, 15) is 9.59 Å². The molecule has 0 spiro atoms. The van der Waals surface area contributed by atoms with Crippen molar-refractivity contribution in [2.75, 3.05) is 5.32 Å². The van der Waals surface area contributed by atoms with Gasteiger partial charge in [-0.3, -0.25) is 4.79 Å². The maximum atomic E-state index is 12.1. The quantitative estimate of drug-likeness (QED) is 0.814. The summed E-state index contributed by atoms with van der Waals surface area (Å²) in [6.45, 7) is 5.01. The van der Waals surface area contributed by atoms with Crippen LogP contribution < -0.4 is 5.32 Å². The van der Waals surface area contributed by atoms with E-state index >= 15 is 0 Å². The van der Waals surface area contributed by atoms with Crippen molar-refractivity contribution in [2.45, 2.75) is 26.9 Å². The molecule has 23 heavy (non-hydrogen) atoms. The highest BCUT2D eigenvalue weighted by atomic mass is 35.5. The SMILES string of the molecule is Cc1nc(C)c(C(=O)O[C@H](C)C(=O)Nc2cc(Cl)cc(Cl)c2)s1. The summed E-state index contributed by atoms with van der Waals surface area (Å²) in [4.78, 5) is 28.7. The van der Waals surface area contributed by atoms with Gasteiger partial charge in [-0.1, -0.05) is 23.2 Å². The molecule has 1 amide bonds. The van der Waals surface area contributed by atoms with Crippen LogP contribution in [-0.4, -0.2) is 23.0 Å². The van der Waals surface area contributed by atoms with Crippen LogP contribution >= 0.6 is 34.5 Å². The lowest BCUT2D eigenvalue weighted by molar-refractivity contribution is -0.123. The molecular weight excluding hydrogens is 359 g/mol. The Kier molecular flexibility index (Phi) is 5.62. The highest BCUT2D eigenvalue weighted by Crippen LogP contribution is 2.23. The summed E-state index contributed by atoms with van der Waals surface area (Å²) in [6, 6.07) is 4.66. The molecule has 2 aromatic rings. The van der Waals surface area contributed by atoms with Crippen molar-refractivity contribution in [3.63, 3.8) is 0 Å². The van der Waals surface area contributed by atoms with E-state index in [0.717, 1.165) is 5.01 Å². The van der Waals surface area contributed by atoms with Gasteiger partial charge in [0.2, 0.25) is 0 Å². The fourth-order valence-corrected chi connectivity index (χ4v) is 3.19. The first-order chi connectivity index (χ1) is 10.8. The second kappa shape index (κ2) is 7.29. The van der Waals surface area contributed by atoms with Gasteiger partial charge in [-0.15, -0.1) is 11.3 Å². The third kappa shape index (κ3) is 4.67. The largest absolute Gasteiger partial charge is 0.448 e. The third-order valence-electron chi connectivity index (χ3n) is 2.87. The second-order valence-corrected chi connectivity index (χ2v) is 6.92. The van der Waals surface area contributed by atoms with Crippen LogP contribution in [0.15, 0.2) is 18.2 Å². The zero-order valence-electron chi connectivity index (χ0n) is 12.6. The van der Waals surface area contributed by atoms with Gasteiger partial charge in [-0.25, -0.2) is 9.78 Å². The molecule has 1 aromatic carbocycles. The van der Waals surface area contributed by atoms with Gasteiger partial charge in [-0.05, 0) is 39.0 Å². The molecule has 0 aliphatic heterocycles. The summed E-state index contributed by atoms with van der Waals surface area (Å²) >= 11 is 13.0. The molecule has 1 N–H and O–H groups in total. The van der Waals surface area contributed by atoms with Crippen LogP contribution in [0.2, 0.25) is 10.0 Å². The van der Waals surface area contributed by atoms with E-state index in [4.69, 9.17) is 27.9 Å². The fraction of sp³-hybridized carbons (Fsp3) is 0.267. The van der Waals surface area contributed by atoms with Gasteiger partial charge in [0.05, 0.1) is 10.7 Å². The Bertz CT molecular complexity index is 741. The predicted octanol–water partition coefficient (Wildman–Crippen LogP) is 4.25. The molecule has 1 aromatic heterocycles. The normalized spacial score (nSPS) is 11.9. The second-order valence-electron chi connectivity index (χ2n) is 4.84. The number of amides is 1. The van der Waals surface area contributed by atoms with Gasteiger partial charge in [0.15, 0.2) is 6.10 Å². The Morgan fingerprint density at radius 3 is 2.35 bits per heavy atom. The van der Waals surface area contributed by atoms with Crippen LogP contribution in [0.5, 0.6) is 0 Å². The number of carbonyl (C=O) groups excluding carboxylic acids is 2. The van der Waals surface area contributed by atoms with Crippen molar-refractivity contribution >= 4 is 52.1 Å². The molecule has 0 aliphatic carbocycles. The van der Waals surface area contributed by atoms with Crippen LogP contribution in [-0.2, 0) is 9.53 Å². The summed E-state index contributed by atoms with van der Waals surface area (Å²) in [7, 11) is 0. The zero-order valence-corrected chi connectivity index (χ0v) is 15.0. The number of carbonyl (C=O) groups is 2. The molecule has 0 fully saturated rings. The minimum atomic E-state index is -0.970. The molecule has 0 saturated heterocycles. The number of hydrogen-bond donors (Lipinski definition) is 1. The monoisotopic (exact) mass is 372 g/mol. The number of hydrogen-bond acceptors (Lipinski definition) is 5. The van der Waals surface area contributed by atoms with Gasteiger partial charge in [0.25, 0.3) is 5.91 Å². The molecule has 0 radical (unpaired) electrons. The van der Waals surface area contributed by atoms with Crippen LogP contribution in [0, 0.1) is 13.8 Å². The fourth-order valence-electron chi connectivity index (χ4n) is 1.86. The van der Waals surface area contributed by atoms with E-state index < -0.39 is 18.0 Å². The molecular formula is C15H14Cl2N2O3S. The Morgan fingerprint density at radius 1 is 1.22 bits per heavy atom. The Labute approximate surface area is 147 Å². The number of esters is 1. The molecule has 1 atom stereocenters. The molecule has 1 heterocycles. The molecule has 0 bridgehead atoms. The number of nitrogens with zero attached hydrogens (tertiary/aromatic N) is 1.